The smallest absolute Gasteiger partial charge is 0.159 e. The average molecular weight is 281 g/mol. The number of benzene rings is 1. The molecule has 0 aliphatic carbocycles. The summed E-state index contributed by atoms with van der Waals surface area (Å²) < 4.78 is 2.81. The summed E-state index contributed by atoms with van der Waals surface area (Å²) in [5, 5.41) is 11.8. The van der Waals surface area contributed by atoms with Crippen LogP contribution in [0.25, 0.3) is 5.69 Å². The third-order valence-electron chi connectivity index (χ3n) is 2.41. The van der Waals surface area contributed by atoms with Gasteiger partial charge in [0.1, 0.15) is 0 Å². The zero-order chi connectivity index (χ0) is 11.7. The van der Waals surface area contributed by atoms with Crippen LogP contribution in [0.3, 0.4) is 0 Å². The molecule has 1 heterocycles. The van der Waals surface area contributed by atoms with Crippen LogP contribution in [0.2, 0.25) is 0 Å². The highest BCUT2D eigenvalue weighted by Crippen LogP contribution is 2.25. The largest absolute Gasteiger partial charge is 0.196 e. The topological polar surface area (TPSA) is 43.6 Å². The fraction of sp³-hybridized carbons (Fsp3) is 0.364. The molecule has 0 N–H and O–H groups in total. The van der Waals surface area contributed by atoms with Crippen LogP contribution in [0, 0.1) is 6.92 Å². The predicted molar refractivity (Wildman–Crippen MR) is 65.7 cm³/mol. The lowest BCUT2D eigenvalue weighted by Crippen LogP contribution is -2.05. The second-order valence-electron chi connectivity index (χ2n) is 4.01. The summed E-state index contributed by atoms with van der Waals surface area (Å²) in [6.45, 7) is 6.20. The molecule has 2 aromatic rings. The van der Waals surface area contributed by atoms with Crippen molar-refractivity contribution in [3.05, 3.63) is 34.1 Å². The number of hydrogen-bond acceptors (Lipinski definition) is 3. The zero-order valence-corrected chi connectivity index (χ0v) is 11.1. The van der Waals surface area contributed by atoms with E-state index in [4.69, 9.17) is 0 Å². The molecule has 4 nitrogen and oxygen atoms in total. The first kappa shape index (κ1) is 11.3. The molecule has 84 valence electrons. The summed E-state index contributed by atoms with van der Waals surface area (Å²) in [5.41, 5.74) is 2.15. The van der Waals surface area contributed by atoms with Crippen molar-refractivity contribution < 1.29 is 0 Å². The molecule has 0 atom stereocenters. The van der Waals surface area contributed by atoms with Crippen molar-refractivity contribution in [1.29, 1.82) is 0 Å². The lowest BCUT2D eigenvalue weighted by molar-refractivity contribution is 0.708. The first-order valence-electron chi connectivity index (χ1n) is 5.15. The Morgan fingerprint density at radius 3 is 2.75 bits per heavy atom. The Kier molecular flexibility index (Phi) is 3.05. The summed E-state index contributed by atoms with van der Waals surface area (Å²) in [4.78, 5) is 0. The highest BCUT2D eigenvalue weighted by molar-refractivity contribution is 9.10. The molecule has 0 radical (unpaired) electrons. The van der Waals surface area contributed by atoms with Gasteiger partial charge in [0.05, 0.1) is 5.69 Å². The first-order chi connectivity index (χ1) is 7.61. The van der Waals surface area contributed by atoms with Crippen LogP contribution < -0.4 is 0 Å². The number of aromatic nitrogens is 4. The van der Waals surface area contributed by atoms with Crippen molar-refractivity contribution in [2.45, 2.75) is 26.7 Å². The van der Waals surface area contributed by atoms with Crippen LogP contribution >= 0.6 is 15.9 Å². The van der Waals surface area contributed by atoms with Gasteiger partial charge in [0.2, 0.25) is 0 Å². The molecule has 2 rings (SSSR count). The molecule has 0 saturated carbocycles. The van der Waals surface area contributed by atoms with E-state index in [2.05, 4.69) is 45.3 Å². The quantitative estimate of drug-likeness (QED) is 0.850. The van der Waals surface area contributed by atoms with Gasteiger partial charge in [-0.25, -0.2) is 0 Å². The third-order valence-corrected chi connectivity index (χ3v) is 3.44. The Labute approximate surface area is 103 Å². The van der Waals surface area contributed by atoms with Crippen molar-refractivity contribution in [1.82, 2.24) is 20.2 Å². The van der Waals surface area contributed by atoms with Crippen molar-refractivity contribution in [2.24, 2.45) is 0 Å². The number of tetrazole rings is 1. The standard InChI is InChI=1S/C11H13BrN4/c1-7(2)11-13-14-15-16(11)9-6-4-5-8(3)10(9)12/h4-7H,1-3H3. The van der Waals surface area contributed by atoms with E-state index in [0.29, 0.717) is 5.92 Å². The molecule has 0 bridgehead atoms. The van der Waals surface area contributed by atoms with Crippen molar-refractivity contribution in [3.8, 4) is 5.69 Å². The number of halogens is 1. The molecule has 0 saturated heterocycles. The molecule has 0 aliphatic heterocycles. The average Bonchev–Trinajstić information content (AvgIpc) is 2.70. The van der Waals surface area contributed by atoms with Gasteiger partial charge in [-0.05, 0) is 44.9 Å². The Bertz CT molecular complexity index is 504. The van der Waals surface area contributed by atoms with Crippen molar-refractivity contribution >= 4 is 15.9 Å². The van der Waals surface area contributed by atoms with E-state index in [0.717, 1.165) is 16.0 Å². The van der Waals surface area contributed by atoms with Gasteiger partial charge in [0, 0.05) is 10.4 Å². The second kappa shape index (κ2) is 4.33. The van der Waals surface area contributed by atoms with Crippen molar-refractivity contribution in [2.75, 3.05) is 0 Å². The monoisotopic (exact) mass is 280 g/mol. The van der Waals surface area contributed by atoms with Crippen molar-refractivity contribution in [3.63, 3.8) is 0 Å². The molecular formula is C11H13BrN4. The SMILES string of the molecule is Cc1cccc(-n2nnnc2C(C)C)c1Br. The summed E-state index contributed by atoms with van der Waals surface area (Å²) in [7, 11) is 0. The van der Waals surface area contributed by atoms with Gasteiger partial charge in [-0.15, -0.1) is 5.10 Å². The molecule has 0 aliphatic rings. The van der Waals surface area contributed by atoms with Crippen LogP contribution in [-0.2, 0) is 0 Å². The molecular weight excluding hydrogens is 268 g/mol. The number of rotatable bonds is 2. The maximum absolute atomic E-state index is 4.04. The summed E-state index contributed by atoms with van der Waals surface area (Å²) in [6.07, 6.45) is 0. The molecule has 1 aromatic carbocycles. The van der Waals surface area contributed by atoms with Gasteiger partial charge in [-0.3, -0.25) is 0 Å². The highest BCUT2D eigenvalue weighted by Gasteiger charge is 2.14. The van der Waals surface area contributed by atoms with E-state index in [1.54, 1.807) is 4.68 Å². The normalized spacial score (nSPS) is 11.1. The Morgan fingerprint density at radius 1 is 1.31 bits per heavy atom. The molecule has 16 heavy (non-hydrogen) atoms. The molecule has 0 fully saturated rings. The first-order valence-corrected chi connectivity index (χ1v) is 5.94. The fourth-order valence-corrected chi connectivity index (χ4v) is 1.95. The lowest BCUT2D eigenvalue weighted by atomic mass is 10.2. The fourth-order valence-electron chi connectivity index (χ4n) is 1.52. The van der Waals surface area contributed by atoms with E-state index in [1.807, 2.05) is 25.1 Å². The Hall–Kier alpha value is -1.23. The number of hydrogen-bond donors (Lipinski definition) is 0. The minimum absolute atomic E-state index is 0.294. The van der Waals surface area contributed by atoms with Gasteiger partial charge in [-0.2, -0.15) is 4.68 Å². The molecule has 1 aromatic heterocycles. The summed E-state index contributed by atoms with van der Waals surface area (Å²) in [5.74, 6) is 1.16. The predicted octanol–water partition coefficient (Wildman–Crippen LogP) is 2.86. The minimum Gasteiger partial charge on any atom is -0.196 e. The van der Waals surface area contributed by atoms with Gasteiger partial charge < -0.3 is 0 Å². The maximum Gasteiger partial charge on any atom is 0.159 e. The van der Waals surface area contributed by atoms with Gasteiger partial charge in [0.25, 0.3) is 0 Å². The van der Waals surface area contributed by atoms with E-state index in [9.17, 15) is 0 Å². The van der Waals surface area contributed by atoms with E-state index in [-0.39, 0.29) is 0 Å². The Morgan fingerprint density at radius 2 is 2.06 bits per heavy atom. The van der Waals surface area contributed by atoms with E-state index >= 15 is 0 Å². The zero-order valence-electron chi connectivity index (χ0n) is 9.48. The van der Waals surface area contributed by atoms with Gasteiger partial charge in [-0.1, -0.05) is 26.0 Å². The van der Waals surface area contributed by atoms with Crippen LogP contribution in [0.15, 0.2) is 22.7 Å². The second-order valence-corrected chi connectivity index (χ2v) is 4.80. The number of aryl methyl sites for hydroxylation is 1. The Balaban J connectivity index is 2.59. The van der Waals surface area contributed by atoms with E-state index in [1.165, 1.54) is 5.56 Å². The number of nitrogens with zero attached hydrogens (tertiary/aromatic N) is 4. The summed E-state index contributed by atoms with van der Waals surface area (Å²) >= 11 is 3.57. The van der Waals surface area contributed by atoms with Crippen LogP contribution in [0.4, 0.5) is 0 Å². The van der Waals surface area contributed by atoms with Gasteiger partial charge in [0.15, 0.2) is 5.82 Å². The highest BCUT2D eigenvalue weighted by atomic mass is 79.9. The molecule has 0 amide bonds. The van der Waals surface area contributed by atoms with Crippen LogP contribution in [0.5, 0.6) is 0 Å². The third kappa shape index (κ3) is 1.87. The summed E-state index contributed by atoms with van der Waals surface area (Å²) in [6, 6.07) is 6.05. The van der Waals surface area contributed by atoms with Crippen LogP contribution in [-0.4, -0.2) is 20.2 Å². The lowest BCUT2D eigenvalue weighted by Gasteiger charge is -2.09. The minimum atomic E-state index is 0.294. The van der Waals surface area contributed by atoms with Gasteiger partial charge >= 0.3 is 0 Å². The molecule has 5 heteroatoms. The van der Waals surface area contributed by atoms with Crippen LogP contribution in [0.1, 0.15) is 31.2 Å². The maximum atomic E-state index is 4.04. The molecule has 0 unspecified atom stereocenters. The molecule has 0 spiro atoms. The van der Waals surface area contributed by atoms with E-state index < -0.39 is 0 Å².